The van der Waals surface area contributed by atoms with Crippen molar-refractivity contribution in [3.63, 3.8) is 0 Å². The van der Waals surface area contributed by atoms with Crippen molar-refractivity contribution in [2.75, 3.05) is 26.4 Å². The van der Waals surface area contributed by atoms with Crippen molar-refractivity contribution < 1.29 is 29.3 Å². The average Bonchev–Trinajstić information content (AvgIpc) is 2.67. The number of unbranched alkanes of at least 4 members (excludes halogenated alkanes) is 8. The highest BCUT2D eigenvalue weighted by atomic mass is 16.5. The molecular weight excluding hydrogens is 348 g/mol. The Labute approximate surface area is 163 Å². The van der Waals surface area contributed by atoms with E-state index in [0.717, 1.165) is 19.3 Å². The molecule has 0 aliphatic rings. The molecule has 27 heavy (non-hydrogen) atoms. The summed E-state index contributed by atoms with van der Waals surface area (Å²) >= 11 is 0. The van der Waals surface area contributed by atoms with E-state index in [1.165, 1.54) is 45.4 Å². The van der Waals surface area contributed by atoms with E-state index < -0.39 is 24.6 Å². The van der Waals surface area contributed by atoms with Gasteiger partial charge in [0.2, 0.25) is 0 Å². The minimum atomic E-state index is -1.20. The third kappa shape index (κ3) is 12.6. The molecule has 0 aromatic rings. The summed E-state index contributed by atoms with van der Waals surface area (Å²) in [7, 11) is 0. The number of hydrogen-bond acceptors (Lipinski definition) is 6. The molecule has 0 bridgehead atoms. The van der Waals surface area contributed by atoms with E-state index in [4.69, 9.17) is 9.47 Å². The number of ether oxygens (including phenoxy) is 2. The van der Waals surface area contributed by atoms with Gasteiger partial charge in [0.25, 0.3) is 0 Å². The van der Waals surface area contributed by atoms with Crippen LogP contribution in [0.2, 0.25) is 0 Å². The van der Waals surface area contributed by atoms with Crippen molar-refractivity contribution in [2.24, 2.45) is 5.41 Å². The van der Waals surface area contributed by atoms with Gasteiger partial charge in [0.05, 0.1) is 18.6 Å². The molecule has 2 N–H and O–H groups in total. The van der Waals surface area contributed by atoms with Crippen molar-refractivity contribution in [3.05, 3.63) is 12.2 Å². The van der Waals surface area contributed by atoms with Crippen LogP contribution in [0, 0.1) is 5.41 Å². The minimum Gasteiger partial charge on any atom is -0.465 e. The molecule has 158 valence electrons. The molecule has 0 aliphatic heterocycles. The van der Waals surface area contributed by atoms with Crippen LogP contribution in [-0.4, -0.2) is 48.6 Å². The Balaban J connectivity index is 3.97. The van der Waals surface area contributed by atoms with E-state index >= 15 is 0 Å². The molecular formula is C21H38O6. The maximum atomic E-state index is 11.9. The molecule has 0 spiro atoms. The lowest BCUT2D eigenvalue weighted by molar-refractivity contribution is -0.157. The first kappa shape index (κ1) is 25.6. The molecule has 6 heteroatoms. The summed E-state index contributed by atoms with van der Waals surface area (Å²) in [5.41, 5.74) is -0.971. The number of hydrogen-bond donors (Lipinski definition) is 2. The van der Waals surface area contributed by atoms with Gasteiger partial charge in [-0.1, -0.05) is 64.9 Å². The summed E-state index contributed by atoms with van der Waals surface area (Å²) in [4.78, 5) is 23.3. The number of aliphatic hydroxyl groups excluding tert-OH is 2. The predicted octanol–water partition coefficient (Wildman–Crippen LogP) is 3.54. The van der Waals surface area contributed by atoms with Crippen molar-refractivity contribution in [1.29, 1.82) is 0 Å². The molecule has 0 atom stereocenters. The van der Waals surface area contributed by atoms with Gasteiger partial charge in [0.1, 0.15) is 13.2 Å². The summed E-state index contributed by atoms with van der Waals surface area (Å²) in [6, 6.07) is 0. The Kier molecular flexibility index (Phi) is 14.8. The Morgan fingerprint density at radius 1 is 0.852 bits per heavy atom. The lowest BCUT2D eigenvalue weighted by atomic mass is 9.92. The second-order valence-electron chi connectivity index (χ2n) is 7.41. The zero-order valence-electron chi connectivity index (χ0n) is 17.1. The topological polar surface area (TPSA) is 93.1 Å². The van der Waals surface area contributed by atoms with Crippen LogP contribution in [-0.2, 0) is 19.1 Å². The van der Waals surface area contributed by atoms with Crippen LogP contribution in [0.3, 0.4) is 0 Å². The second kappa shape index (κ2) is 15.6. The third-order valence-corrected chi connectivity index (χ3v) is 4.55. The predicted molar refractivity (Wildman–Crippen MR) is 105 cm³/mol. The SMILES string of the molecule is C=C(C)C(=O)OCC(CO)(CO)COC(=O)CCCCCCCCCCC. The zero-order valence-corrected chi connectivity index (χ0v) is 17.1. The van der Waals surface area contributed by atoms with Crippen LogP contribution < -0.4 is 0 Å². The Hall–Kier alpha value is -1.40. The first-order valence-corrected chi connectivity index (χ1v) is 10.1. The van der Waals surface area contributed by atoms with Gasteiger partial charge in [-0.05, 0) is 13.3 Å². The van der Waals surface area contributed by atoms with Gasteiger partial charge in [-0.25, -0.2) is 4.79 Å². The second-order valence-corrected chi connectivity index (χ2v) is 7.41. The fourth-order valence-electron chi connectivity index (χ4n) is 2.50. The van der Waals surface area contributed by atoms with Crippen LogP contribution in [0.15, 0.2) is 12.2 Å². The van der Waals surface area contributed by atoms with Crippen molar-refractivity contribution in [3.8, 4) is 0 Å². The molecule has 0 unspecified atom stereocenters. The smallest absolute Gasteiger partial charge is 0.333 e. The van der Waals surface area contributed by atoms with E-state index in [1.54, 1.807) is 0 Å². The van der Waals surface area contributed by atoms with E-state index in [1.807, 2.05) is 0 Å². The Morgan fingerprint density at radius 2 is 1.33 bits per heavy atom. The standard InChI is InChI=1S/C21H38O6/c1-4-5-6-7-8-9-10-11-12-13-19(24)26-16-21(14-22,15-23)17-27-20(25)18(2)3/h22-23H,2,4-17H2,1,3H3. The van der Waals surface area contributed by atoms with Gasteiger partial charge < -0.3 is 19.7 Å². The molecule has 0 aromatic carbocycles. The normalized spacial score (nSPS) is 11.3. The van der Waals surface area contributed by atoms with Crippen LogP contribution >= 0.6 is 0 Å². The molecule has 0 rings (SSSR count). The summed E-state index contributed by atoms with van der Waals surface area (Å²) in [6.45, 7) is 5.83. The molecule has 0 fully saturated rings. The monoisotopic (exact) mass is 386 g/mol. The van der Waals surface area contributed by atoms with Crippen LogP contribution in [0.4, 0.5) is 0 Å². The third-order valence-electron chi connectivity index (χ3n) is 4.55. The Bertz CT molecular complexity index is 428. The molecule has 0 amide bonds. The highest BCUT2D eigenvalue weighted by Crippen LogP contribution is 2.19. The number of carbonyl (C=O) groups excluding carboxylic acids is 2. The minimum absolute atomic E-state index is 0.195. The van der Waals surface area contributed by atoms with E-state index in [2.05, 4.69) is 13.5 Å². The lowest BCUT2D eigenvalue weighted by Crippen LogP contribution is -2.41. The maximum Gasteiger partial charge on any atom is 0.333 e. The van der Waals surface area contributed by atoms with Crippen molar-refractivity contribution in [1.82, 2.24) is 0 Å². The number of aliphatic hydroxyl groups is 2. The molecule has 0 aromatic heterocycles. The van der Waals surface area contributed by atoms with E-state index in [9.17, 15) is 19.8 Å². The quantitative estimate of drug-likeness (QED) is 0.226. The average molecular weight is 387 g/mol. The number of rotatable bonds is 17. The van der Waals surface area contributed by atoms with Gasteiger partial charge in [-0.2, -0.15) is 0 Å². The molecule has 0 saturated carbocycles. The summed E-state index contributed by atoms with van der Waals surface area (Å²) in [6.07, 6.45) is 10.8. The van der Waals surface area contributed by atoms with Crippen molar-refractivity contribution in [2.45, 2.75) is 78.1 Å². The fraction of sp³-hybridized carbons (Fsp3) is 0.810. The van der Waals surface area contributed by atoms with Crippen LogP contribution in [0.1, 0.15) is 78.1 Å². The highest BCUT2D eigenvalue weighted by molar-refractivity contribution is 5.86. The van der Waals surface area contributed by atoms with Gasteiger partial charge >= 0.3 is 11.9 Å². The first-order chi connectivity index (χ1) is 12.9. The van der Waals surface area contributed by atoms with E-state index in [0.29, 0.717) is 6.42 Å². The molecule has 0 radical (unpaired) electrons. The van der Waals surface area contributed by atoms with Gasteiger partial charge in [-0.15, -0.1) is 0 Å². The molecule has 0 saturated heterocycles. The highest BCUT2D eigenvalue weighted by Gasteiger charge is 2.33. The van der Waals surface area contributed by atoms with E-state index in [-0.39, 0.29) is 24.8 Å². The summed E-state index contributed by atoms with van der Waals surface area (Å²) < 4.78 is 10.2. The number of carbonyl (C=O) groups is 2. The van der Waals surface area contributed by atoms with Gasteiger partial charge in [0.15, 0.2) is 0 Å². The molecule has 0 aliphatic carbocycles. The summed E-state index contributed by atoms with van der Waals surface area (Å²) in [5.74, 6) is -0.974. The lowest BCUT2D eigenvalue weighted by Gasteiger charge is -2.28. The maximum absolute atomic E-state index is 11.9. The molecule has 6 nitrogen and oxygen atoms in total. The fourth-order valence-corrected chi connectivity index (χ4v) is 2.50. The Morgan fingerprint density at radius 3 is 1.81 bits per heavy atom. The van der Waals surface area contributed by atoms with Gasteiger partial charge in [-0.3, -0.25) is 4.79 Å². The van der Waals surface area contributed by atoms with Crippen molar-refractivity contribution >= 4 is 11.9 Å². The van der Waals surface area contributed by atoms with Crippen LogP contribution in [0.5, 0.6) is 0 Å². The van der Waals surface area contributed by atoms with Crippen LogP contribution in [0.25, 0.3) is 0 Å². The number of esters is 2. The zero-order chi connectivity index (χ0) is 20.5. The molecule has 0 heterocycles. The largest absolute Gasteiger partial charge is 0.465 e. The first-order valence-electron chi connectivity index (χ1n) is 10.1. The summed E-state index contributed by atoms with van der Waals surface area (Å²) in [5, 5.41) is 19.1. The van der Waals surface area contributed by atoms with Gasteiger partial charge in [0, 0.05) is 12.0 Å².